The molecule has 0 fully saturated rings. The molecule has 2 atom stereocenters. The van der Waals surface area contributed by atoms with E-state index in [-0.39, 0.29) is 17.9 Å². The minimum atomic E-state index is -0.643. The number of benzene rings is 2. The molecule has 0 bridgehead atoms. The van der Waals surface area contributed by atoms with E-state index in [1.807, 2.05) is 60.7 Å². The first kappa shape index (κ1) is 17.7. The highest BCUT2D eigenvalue weighted by Crippen LogP contribution is 2.09. The number of amides is 2. The largest absolute Gasteiger partial charge is 0.343 e. The summed E-state index contributed by atoms with van der Waals surface area (Å²) in [5, 5.41) is 8.55. The summed E-state index contributed by atoms with van der Waals surface area (Å²) in [4.78, 5) is 24.8. The average Bonchev–Trinajstić information content (AvgIpc) is 2.62. The summed E-state index contributed by atoms with van der Waals surface area (Å²) in [6.45, 7) is 1.75. The van der Waals surface area contributed by atoms with Crippen molar-refractivity contribution in [1.82, 2.24) is 10.6 Å². The van der Waals surface area contributed by atoms with E-state index in [0.717, 1.165) is 5.56 Å². The molecule has 0 aliphatic heterocycles. The summed E-state index contributed by atoms with van der Waals surface area (Å²) in [6, 6.07) is 17.8. The fourth-order valence-corrected chi connectivity index (χ4v) is 2.24. The van der Waals surface area contributed by atoms with Gasteiger partial charge < -0.3 is 16.0 Å². The molecule has 0 radical (unpaired) electrons. The van der Waals surface area contributed by atoms with Crippen LogP contribution in [-0.2, 0) is 16.0 Å². The molecule has 2 rings (SSSR count). The molecule has 2 aromatic rings. The van der Waals surface area contributed by atoms with Crippen LogP contribution in [0.15, 0.2) is 60.7 Å². The van der Waals surface area contributed by atoms with Crippen molar-refractivity contribution >= 4 is 17.5 Å². The average molecular weight is 325 g/mol. The molecule has 0 spiro atoms. The normalized spacial score (nSPS) is 12.9. The fraction of sp³-hybridized carbons (Fsp3) is 0.263. The lowest BCUT2D eigenvalue weighted by atomic mass is 10.0. The van der Waals surface area contributed by atoms with Crippen molar-refractivity contribution in [2.75, 3.05) is 12.4 Å². The zero-order valence-electron chi connectivity index (χ0n) is 14.0. The van der Waals surface area contributed by atoms with Gasteiger partial charge in [-0.25, -0.2) is 0 Å². The van der Waals surface area contributed by atoms with Gasteiger partial charge in [0.1, 0.15) is 6.04 Å². The van der Waals surface area contributed by atoms with Crippen molar-refractivity contribution in [2.24, 2.45) is 0 Å². The Hall–Kier alpha value is -2.66. The second-order valence-electron chi connectivity index (χ2n) is 5.62. The van der Waals surface area contributed by atoms with E-state index in [4.69, 9.17) is 0 Å². The van der Waals surface area contributed by atoms with Crippen molar-refractivity contribution in [2.45, 2.75) is 25.4 Å². The number of rotatable bonds is 7. The standard InChI is InChI=1S/C19H23N3O2/c1-14(20-2)18(23)22-17(13-15-9-5-3-6-10-15)19(24)21-16-11-7-4-8-12-16/h3-12,14,17,20H,13H2,1-2H3,(H,21,24)(H,22,23)/t14?,17-/m1/s1. The van der Waals surface area contributed by atoms with Crippen molar-refractivity contribution in [3.8, 4) is 0 Å². The lowest BCUT2D eigenvalue weighted by Crippen LogP contribution is -2.50. The maximum atomic E-state index is 12.6. The Balaban J connectivity index is 2.11. The van der Waals surface area contributed by atoms with Gasteiger partial charge in [0.2, 0.25) is 11.8 Å². The SMILES string of the molecule is CNC(C)C(=O)N[C@H](Cc1ccccc1)C(=O)Nc1ccccc1. The van der Waals surface area contributed by atoms with Crippen molar-refractivity contribution in [3.63, 3.8) is 0 Å². The molecule has 0 aliphatic rings. The lowest BCUT2D eigenvalue weighted by Gasteiger charge is -2.21. The highest BCUT2D eigenvalue weighted by atomic mass is 16.2. The molecular weight excluding hydrogens is 302 g/mol. The molecule has 2 aromatic carbocycles. The Morgan fingerprint density at radius 1 is 0.917 bits per heavy atom. The third kappa shape index (κ3) is 5.21. The summed E-state index contributed by atoms with van der Waals surface area (Å²) >= 11 is 0. The summed E-state index contributed by atoms with van der Waals surface area (Å²) in [5.74, 6) is -0.441. The molecule has 5 nitrogen and oxygen atoms in total. The summed E-state index contributed by atoms with van der Waals surface area (Å²) in [6.07, 6.45) is 0.432. The van der Waals surface area contributed by atoms with Gasteiger partial charge >= 0.3 is 0 Å². The predicted molar refractivity (Wildman–Crippen MR) is 95.7 cm³/mol. The molecule has 3 N–H and O–H groups in total. The van der Waals surface area contributed by atoms with Gasteiger partial charge in [0.05, 0.1) is 6.04 Å². The summed E-state index contributed by atoms with van der Waals surface area (Å²) in [5.41, 5.74) is 1.69. The molecule has 126 valence electrons. The van der Waals surface area contributed by atoms with Gasteiger partial charge in [-0.05, 0) is 31.7 Å². The van der Waals surface area contributed by atoms with Gasteiger partial charge in [-0.3, -0.25) is 9.59 Å². The van der Waals surface area contributed by atoms with Crippen LogP contribution in [0.1, 0.15) is 12.5 Å². The first-order valence-corrected chi connectivity index (χ1v) is 7.97. The second kappa shape index (κ2) is 8.84. The van der Waals surface area contributed by atoms with E-state index in [9.17, 15) is 9.59 Å². The topological polar surface area (TPSA) is 70.2 Å². The van der Waals surface area contributed by atoms with E-state index in [1.54, 1.807) is 14.0 Å². The number of nitrogens with one attached hydrogen (secondary N) is 3. The van der Waals surface area contributed by atoms with Crippen molar-refractivity contribution in [3.05, 3.63) is 66.2 Å². The minimum absolute atomic E-state index is 0.207. The fourth-order valence-electron chi connectivity index (χ4n) is 2.24. The molecule has 24 heavy (non-hydrogen) atoms. The molecule has 0 aromatic heterocycles. The van der Waals surface area contributed by atoms with E-state index < -0.39 is 6.04 Å². The molecule has 0 heterocycles. The van der Waals surface area contributed by atoms with Crippen LogP contribution in [-0.4, -0.2) is 30.9 Å². The third-order valence-corrected chi connectivity index (χ3v) is 3.78. The lowest BCUT2D eigenvalue weighted by molar-refractivity contribution is -0.127. The zero-order chi connectivity index (χ0) is 17.4. The van der Waals surface area contributed by atoms with Gasteiger partial charge in [0, 0.05) is 12.1 Å². The number of hydrogen-bond donors (Lipinski definition) is 3. The molecule has 0 aliphatic carbocycles. The maximum Gasteiger partial charge on any atom is 0.247 e. The van der Waals surface area contributed by atoms with Gasteiger partial charge in [-0.1, -0.05) is 48.5 Å². The molecular formula is C19H23N3O2. The van der Waals surface area contributed by atoms with Crippen LogP contribution in [0.2, 0.25) is 0 Å². The van der Waals surface area contributed by atoms with Crippen LogP contribution in [0.25, 0.3) is 0 Å². The molecule has 2 amide bonds. The first-order chi connectivity index (χ1) is 11.6. The molecule has 5 heteroatoms. The minimum Gasteiger partial charge on any atom is -0.343 e. The van der Waals surface area contributed by atoms with Crippen LogP contribution in [0.5, 0.6) is 0 Å². The molecule has 0 saturated heterocycles. The van der Waals surface area contributed by atoms with E-state index in [2.05, 4.69) is 16.0 Å². The number of hydrogen-bond acceptors (Lipinski definition) is 3. The Morgan fingerprint density at radius 3 is 2.08 bits per heavy atom. The van der Waals surface area contributed by atoms with Gasteiger partial charge in [0.25, 0.3) is 0 Å². The number of likely N-dealkylation sites (N-methyl/N-ethyl adjacent to an activating group) is 1. The monoisotopic (exact) mass is 325 g/mol. The highest BCUT2D eigenvalue weighted by molar-refractivity contribution is 5.98. The third-order valence-electron chi connectivity index (χ3n) is 3.78. The quantitative estimate of drug-likeness (QED) is 0.729. The molecule has 0 saturated carbocycles. The van der Waals surface area contributed by atoms with Crippen LogP contribution in [0, 0.1) is 0 Å². The Labute approximate surface area is 142 Å². The maximum absolute atomic E-state index is 12.6. The van der Waals surface area contributed by atoms with E-state index in [0.29, 0.717) is 12.1 Å². The van der Waals surface area contributed by atoms with Crippen LogP contribution < -0.4 is 16.0 Å². The van der Waals surface area contributed by atoms with Crippen molar-refractivity contribution in [1.29, 1.82) is 0 Å². The van der Waals surface area contributed by atoms with E-state index in [1.165, 1.54) is 0 Å². The summed E-state index contributed by atoms with van der Waals surface area (Å²) in [7, 11) is 1.71. The van der Waals surface area contributed by atoms with Crippen LogP contribution in [0.3, 0.4) is 0 Å². The predicted octanol–water partition coefficient (Wildman–Crippen LogP) is 1.96. The Bertz CT molecular complexity index is 659. The number of carbonyl (C=O) groups is 2. The van der Waals surface area contributed by atoms with Gasteiger partial charge in [0.15, 0.2) is 0 Å². The Morgan fingerprint density at radius 2 is 1.50 bits per heavy atom. The van der Waals surface area contributed by atoms with E-state index >= 15 is 0 Å². The summed E-state index contributed by atoms with van der Waals surface area (Å²) < 4.78 is 0. The second-order valence-corrected chi connectivity index (χ2v) is 5.62. The number of anilines is 1. The highest BCUT2D eigenvalue weighted by Gasteiger charge is 2.23. The smallest absolute Gasteiger partial charge is 0.247 e. The molecule has 1 unspecified atom stereocenters. The van der Waals surface area contributed by atoms with Gasteiger partial charge in [-0.2, -0.15) is 0 Å². The van der Waals surface area contributed by atoms with Crippen LogP contribution in [0.4, 0.5) is 5.69 Å². The van der Waals surface area contributed by atoms with Crippen LogP contribution >= 0.6 is 0 Å². The number of carbonyl (C=O) groups excluding carboxylic acids is 2. The first-order valence-electron chi connectivity index (χ1n) is 7.97. The zero-order valence-corrected chi connectivity index (χ0v) is 14.0. The number of para-hydroxylation sites is 1. The Kier molecular flexibility index (Phi) is 6.51. The van der Waals surface area contributed by atoms with Crippen molar-refractivity contribution < 1.29 is 9.59 Å². The van der Waals surface area contributed by atoms with Gasteiger partial charge in [-0.15, -0.1) is 0 Å².